The van der Waals surface area contributed by atoms with Crippen molar-refractivity contribution in [3.8, 4) is 11.3 Å². The van der Waals surface area contributed by atoms with Gasteiger partial charge in [0.25, 0.3) is 12.0 Å². The molecule has 3 heterocycles. The van der Waals surface area contributed by atoms with Crippen LogP contribution in [0, 0.1) is 6.92 Å². The fourth-order valence-corrected chi connectivity index (χ4v) is 4.70. The Hall–Kier alpha value is -3.11. The molecule has 0 aromatic carbocycles. The summed E-state index contributed by atoms with van der Waals surface area (Å²) < 4.78 is 70.3. The molecule has 4 rings (SSSR count). The summed E-state index contributed by atoms with van der Waals surface area (Å²) in [5, 5.41) is 8.33. The van der Waals surface area contributed by atoms with Crippen LogP contribution in [0.2, 0.25) is 0 Å². The van der Waals surface area contributed by atoms with Crippen molar-refractivity contribution in [1.29, 1.82) is 0 Å². The number of rotatable bonds is 5. The summed E-state index contributed by atoms with van der Waals surface area (Å²) in [7, 11) is 1.39. The van der Waals surface area contributed by atoms with E-state index in [-0.39, 0.29) is 28.6 Å². The summed E-state index contributed by atoms with van der Waals surface area (Å²) >= 11 is 0. The minimum Gasteiger partial charge on any atom is -0.267 e. The Labute approximate surface area is 192 Å². The second kappa shape index (κ2) is 9.27. The molecule has 3 aromatic rings. The van der Waals surface area contributed by atoms with E-state index in [1.807, 2.05) is 0 Å². The highest BCUT2D eigenvalue weighted by Crippen LogP contribution is 2.36. The van der Waals surface area contributed by atoms with Gasteiger partial charge in [-0.2, -0.15) is 23.4 Å². The Balaban J connectivity index is 1.91. The molecule has 0 atom stereocenters. The third-order valence-electron chi connectivity index (χ3n) is 6.27. The van der Waals surface area contributed by atoms with Crippen LogP contribution in [0.3, 0.4) is 0 Å². The lowest BCUT2D eigenvalue weighted by molar-refractivity contribution is -0.138. The minimum absolute atomic E-state index is 0.0837. The van der Waals surface area contributed by atoms with Gasteiger partial charge in [-0.05, 0) is 43.9 Å². The molecule has 1 fully saturated rings. The average molecular weight is 481 g/mol. The van der Waals surface area contributed by atoms with E-state index in [2.05, 4.69) is 15.2 Å². The maximum Gasteiger partial charge on any atom is 0.418 e. The lowest BCUT2D eigenvalue weighted by Crippen LogP contribution is -2.30. The predicted molar refractivity (Wildman–Crippen MR) is 115 cm³/mol. The van der Waals surface area contributed by atoms with E-state index in [1.165, 1.54) is 25.4 Å². The molecule has 182 valence electrons. The van der Waals surface area contributed by atoms with E-state index in [0.29, 0.717) is 11.3 Å². The number of pyridine rings is 1. The maximum absolute atomic E-state index is 13.9. The van der Waals surface area contributed by atoms with Crippen LogP contribution < -0.4 is 5.56 Å². The SMILES string of the molecule is Cc1nn(C)c(C(F)F)c1-c1cc(C2CCCCC2)c(=O)n(Cc2ncccc2C(F)(F)F)n1. The molecule has 0 unspecified atom stereocenters. The molecule has 1 aliphatic rings. The van der Waals surface area contributed by atoms with Crippen molar-refractivity contribution in [1.82, 2.24) is 24.5 Å². The first-order chi connectivity index (χ1) is 16.1. The normalized spacial score (nSPS) is 15.3. The third-order valence-corrected chi connectivity index (χ3v) is 6.27. The fourth-order valence-electron chi connectivity index (χ4n) is 4.70. The molecule has 0 N–H and O–H groups in total. The highest BCUT2D eigenvalue weighted by Gasteiger charge is 2.34. The number of alkyl halides is 5. The van der Waals surface area contributed by atoms with Crippen LogP contribution in [0.4, 0.5) is 22.0 Å². The summed E-state index contributed by atoms with van der Waals surface area (Å²) in [6.07, 6.45) is -1.98. The Morgan fingerprint density at radius 2 is 1.85 bits per heavy atom. The van der Waals surface area contributed by atoms with Crippen LogP contribution in [-0.4, -0.2) is 24.5 Å². The molecule has 0 spiro atoms. The molecule has 0 amide bonds. The van der Waals surface area contributed by atoms with Crippen molar-refractivity contribution >= 4 is 0 Å². The average Bonchev–Trinajstić information content (AvgIpc) is 3.09. The number of nitrogens with zero attached hydrogens (tertiary/aromatic N) is 5. The first-order valence-electron chi connectivity index (χ1n) is 11.0. The molecule has 0 aliphatic heterocycles. The zero-order valence-corrected chi connectivity index (χ0v) is 18.7. The van der Waals surface area contributed by atoms with Gasteiger partial charge in [-0.15, -0.1) is 0 Å². The largest absolute Gasteiger partial charge is 0.418 e. The van der Waals surface area contributed by atoms with Gasteiger partial charge in [0.1, 0.15) is 5.69 Å². The number of hydrogen-bond acceptors (Lipinski definition) is 4. The quantitative estimate of drug-likeness (QED) is 0.458. The number of aryl methyl sites for hydroxylation is 2. The van der Waals surface area contributed by atoms with Crippen molar-refractivity contribution in [2.75, 3.05) is 0 Å². The molecule has 3 aromatic heterocycles. The van der Waals surface area contributed by atoms with Gasteiger partial charge in [0.15, 0.2) is 0 Å². The van der Waals surface area contributed by atoms with E-state index < -0.39 is 30.3 Å². The third kappa shape index (κ3) is 4.60. The lowest BCUT2D eigenvalue weighted by atomic mass is 9.84. The molecule has 11 heteroatoms. The Morgan fingerprint density at radius 1 is 1.15 bits per heavy atom. The standard InChI is InChI=1S/C23H24F5N5O/c1-13-19(20(21(24)25)32(2)30-13)17-11-15(14-7-4-3-5-8-14)22(34)33(31-17)12-18-16(23(26,27)28)9-6-10-29-18/h6,9-11,14,21H,3-5,7-8,12H2,1-2H3. The number of hydrogen-bond donors (Lipinski definition) is 0. The van der Waals surface area contributed by atoms with Gasteiger partial charge in [0, 0.05) is 18.8 Å². The van der Waals surface area contributed by atoms with Crippen molar-refractivity contribution in [2.24, 2.45) is 7.05 Å². The van der Waals surface area contributed by atoms with Gasteiger partial charge >= 0.3 is 6.18 Å². The summed E-state index contributed by atoms with van der Waals surface area (Å²) in [5.41, 5.74) is -1.40. The molecule has 0 bridgehead atoms. The van der Waals surface area contributed by atoms with Gasteiger partial charge < -0.3 is 0 Å². The monoisotopic (exact) mass is 481 g/mol. The summed E-state index contributed by atoms with van der Waals surface area (Å²) in [4.78, 5) is 17.2. The molecule has 1 aliphatic carbocycles. The van der Waals surface area contributed by atoms with Gasteiger partial charge in [0.2, 0.25) is 0 Å². The smallest absolute Gasteiger partial charge is 0.267 e. The molecular formula is C23H24F5N5O. The fraction of sp³-hybridized carbons (Fsp3) is 0.478. The zero-order valence-electron chi connectivity index (χ0n) is 18.7. The van der Waals surface area contributed by atoms with Crippen LogP contribution in [0.25, 0.3) is 11.3 Å². The molecule has 0 saturated heterocycles. The van der Waals surface area contributed by atoms with E-state index in [9.17, 15) is 26.7 Å². The summed E-state index contributed by atoms with van der Waals surface area (Å²) in [6.45, 7) is 1.02. The molecule has 6 nitrogen and oxygen atoms in total. The first-order valence-corrected chi connectivity index (χ1v) is 11.0. The van der Waals surface area contributed by atoms with Gasteiger partial charge in [-0.25, -0.2) is 13.5 Å². The summed E-state index contributed by atoms with van der Waals surface area (Å²) in [5.74, 6) is -0.118. The highest BCUT2D eigenvalue weighted by atomic mass is 19.4. The maximum atomic E-state index is 13.9. The van der Waals surface area contributed by atoms with Crippen molar-refractivity contribution < 1.29 is 22.0 Å². The molecule has 0 radical (unpaired) electrons. The van der Waals surface area contributed by atoms with Crippen LogP contribution in [0.15, 0.2) is 29.2 Å². The van der Waals surface area contributed by atoms with Gasteiger partial charge in [0.05, 0.1) is 34.8 Å². The Morgan fingerprint density at radius 3 is 2.50 bits per heavy atom. The van der Waals surface area contributed by atoms with Gasteiger partial charge in [-0.1, -0.05) is 19.3 Å². The topological polar surface area (TPSA) is 65.6 Å². The second-order valence-electron chi connectivity index (χ2n) is 8.55. The van der Waals surface area contributed by atoms with Crippen LogP contribution in [0.5, 0.6) is 0 Å². The van der Waals surface area contributed by atoms with Crippen LogP contribution in [0.1, 0.15) is 72.7 Å². The predicted octanol–water partition coefficient (Wildman–Crippen LogP) is 5.40. The van der Waals surface area contributed by atoms with Crippen molar-refractivity contribution in [3.05, 3.63) is 63.0 Å². The summed E-state index contributed by atoms with van der Waals surface area (Å²) in [6, 6.07) is 3.56. The zero-order chi connectivity index (χ0) is 24.6. The minimum atomic E-state index is -4.67. The van der Waals surface area contributed by atoms with E-state index >= 15 is 0 Å². The highest BCUT2D eigenvalue weighted by molar-refractivity contribution is 5.65. The number of aromatic nitrogens is 5. The Bertz CT molecular complexity index is 1240. The first kappa shape index (κ1) is 24.0. The molecule has 34 heavy (non-hydrogen) atoms. The number of halogens is 5. The van der Waals surface area contributed by atoms with Crippen LogP contribution in [-0.2, 0) is 19.8 Å². The van der Waals surface area contributed by atoms with E-state index in [1.54, 1.807) is 6.92 Å². The molecular weight excluding hydrogens is 457 g/mol. The second-order valence-corrected chi connectivity index (χ2v) is 8.55. The lowest BCUT2D eigenvalue weighted by Gasteiger charge is -2.23. The van der Waals surface area contributed by atoms with Crippen LogP contribution >= 0.6 is 0 Å². The Kier molecular flexibility index (Phi) is 6.55. The van der Waals surface area contributed by atoms with Gasteiger partial charge in [-0.3, -0.25) is 14.5 Å². The van der Waals surface area contributed by atoms with E-state index in [0.717, 1.165) is 47.5 Å². The molecule has 1 saturated carbocycles. The van der Waals surface area contributed by atoms with Crippen molar-refractivity contribution in [2.45, 2.75) is 64.1 Å². The van der Waals surface area contributed by atoms with E-state index in [4.69, 9.17) is 0 Å². The van der Waals surface area contributed by atoms with Crippen molar-refractivity contribution in [3.63, 3.8) is 0 Å².